The van der Waals surface area contributed by atoms with Gasteiger partial charge < -0.3 is 9.80 Å². The Bertz CT molecular complexity index is 739. The van der Waals surface area contributed by atoms with Crippen LogP contribution in [0.4, 0.5) is 0 Å². The normalized spacial score (nSPS) is 17.9. The maximum Gasteiger partial charge on any atom is 0.257 e. The molecule has 3 heterocycles. The first-order valence-electron chi connectivity index (χ1n) is 8.34. The Kier molecular flexibility index (Phi) is 4.78. The van der Waals surface area contributed by atoms with E-state index in [-0.39, 0.29) is 11.8 Å². The van der Waals surface area contributed by atoms with Gasteiger partial charge in [0.2, 0.25) is 5.91 Å². The molecule has 0 radical (unpaired) electrons. The molecular weight excluding hydrogens is 306 g/mol. The van der Waals surface area contributed by atoms with E-state index in [1.807, 2.05) is 17.2 Å². The van der Waals surface area contributed by atoms with Gasteiger partial charge in [-0.2, -0.15) is 0 Å². The quantitative estimate of drug-likeness (QED) is 0.851. The van der Waals surface area contributed by atoms with Crippen molar-refractivity contribution in [2.45, 2.75) is 25.7 Å². The van der Waals surface area contributed by atoms with E-state index in [9.17, 15) is 9.59 Å². The molecule has 1 saturated heterocycles. The monoisotopic (exact) mass is 329 g/mol. The maximum atomic E-state index is 12.9. The number of nitrogens with zero attached hydrogens (tertiary/aromatic N) is 5. The van der Waals surface area contributed by atoms with Crippen LogP contribution in [0.5, 0.6) is 0 Å². The summed E-state index contributed by atoms with van der Waals surface area (Å²) in [7, 11) is 3.55. The number of aromatic nitrogens is 3. The molecule has 2 aromatic heterocycles. The molecule has 0 N–H and O–H groups in total. The number of hydrogen-bond acceptors (Lipinski definition) is 4. The number of likely N-dealkylation sites (tertiary alicyclic amines) is 1. The van der Waals surface area contributed by atoms with Gasteiger partial charge in [0.05, 0.1) is 5.56 Å². The van der Waals surface area contributed by atoms with E-state index in [0.29, 0.717) is 30.1 Å². The molecule has 1 aliphatic heterocycles. The van der Waals surface area contributed by atoms with Gasteiger partial charge in [-0.05, 0) is 37.3 Å². The first kappa shape index (κ1) is 16.4. The van der Waals surface area contributed by atoms with Gasteiger partial charge in [0, 0.05) is 39.8 Å². The van der Waals surface area contributed by atoms with E-state index >= 15 is 0 Å². The minimum atomic E-state index is -0.00256. The molecule has 1 aliphatic rings. The van der Waals surface area contributed by atoms with Crippen molar-refractivity contribution in [3.63, 3.8) is 0 Å². The minimum absolute atomic E-state index is 0.00256. The third kappa shape index (κ3) is 3.39. The Morgan fingerprint density at radius 3 is 3.00 bits per heavy atom. The molecule has 0 spiro atoms. The van der Waals surface area contributed by atoms with Crippen LogP contribution in [-0.4, -0.2) is 63.4 Å². The molecule has 2 amide bonds. The lowest BCUT2D eigenvalue weighted by atomic mass is 9.92. The van der Waals surface area contributed by atoms with Crippen molar-refractivity contribution in [1.82, 2.24) is 24.4 Å². The Hall–Kier alpha value is -2.44. The Labute approximate surface area is 141 Å². The first-order chi connectivity index (χ1) is 11.6. The second-order valence-corrected chi connectivity index (χ2v) is 6.57. The van der Waals surface area contributed by atoms with Crippen molar-refractivity contribution in [2.24, 2.45) is 5.92 Å². The lowest BCUT2D eigenvalue weighted by Gasteiger charge is -2.33. The zero-order valence-electron chi connectivity index (χ0n) is 14.2. The number of carbonyl (C=O) groups excluding carboxylic acids is 2. The molecule has 1 unspecified atom stereocenters. The number of rotatable bonds is 4. The number of carbonyl (C=O) groups is 2. The van der Waals surface area contributed by atoms with Crippen molar-refractivity contribution in [3.8, 4) is 0 Å². The summed E-state index contributed by atoms with van der Waals surface area (Å²) in [6.07, 6.45) is 6.84. The van der Waals surface area contributed by atoms with Gasteiger partial charge in [-0.1, -0.05) is 0 Å². The average molecular weight is 329 g/mol. The second kappa shape index (κ2) is 6.98. The molecule has 1 fully saturated rings. The summed E-state index contributed by atoms with van der Waals surface area (Å²) in [6.45, 7) is 1.46. The molecule has 0 aliphatic carbocycles. The number of fused-ring (bicyclic) bond motifs is 1. The highest BCUT2D eigenvalue weighted by Gasteiger charge is 2.26. The summed E-state index contributed by atoms with van der Waals surface area (Å²) >= 11 is 0. The summed E-state index contributed by atoms with van der Waals surface area (Å²) in [5.74, 6) is 0.521. The van der Waals surface area contributed by atoms with Crippen molar-refractivity contribution < 1.29 is 9.59 Å². The standard InChI is InChI=1S/C17H23N5O2/c1-20(2)15(23)8-7-13-5-3-9-21(11-13)17(24)14-6-4-10-22-12-18-19-16(14)22/h4,6,10,12-13H,3,5,7-9,11H2,1-2H3. The number of pyridine rings is 1. The highest BCUT2D eigenvalue weighted by atomic mass is 16.2. The molecular formula is C17H23N5O2. The molecule has 0 saturated carbocycles. The van der Waals surface area contributed by atoms with Gasteiger partial charge in [-0.3, -0.25) is 14.0 Å². The maximum absolute atomic E-state index is 12.9. The topological polar surface area (TPSA) is 70.8 Å². The average Bonchev–Trinajstić information content (AvgIpc) is 3.07. The van der Waals surface area contributed by atoms with E-state index in [2.05, 4.69) is 10.2 Å². The van der Waals surface area contributed by atoms with Crippen LogP contribution < -0.4 is 0 Å². The third-order valence-electron chi connectivity index (χ3n) is 4.63. The van der Waals surface area contributed by atoms with Crippen LogP contribution in [0.25, 0.3) is 5.65 Å². The molecule has 128 valence electrons. The Balaban J connectivity index is 1.67. The number of amides is 2. The predicted octanol–water partition coefficient (Wildman–Crippen LogP) is 1.45. The molecule has 0 aromatic carbocycles. The Morgan fingerprint density at radius 2 is 2.21 bits per heavy atom. The highest BCUT2D eigenvalue weighted by Crippen LogP contribution is 2.23. The summed E-state index contributed by atoms with van der Waals surface area (Å²) in [5.41, 5.74) is 1.17. The second-order valence-electron chi connectivity index (χ2n) is 6.57. The van der Waals surface area contributed by atoms with E-state index in [4.69, 9.17) is 0 Å². The van der Waals surface area contributed by atoms with E-state index in [1.54, 1.807) is 35.8 Å². The van der Waals surface area contributed by atoms with Crippen molar-refractivity contribution in [2.75, 3.05) is 27.2 Å². The van der Waals surface area contributed by atoms with Crippen molar-refractivity contribution in [1.29, 1.82) is 0 Å². The largest absolute Gasteiger partial charge is 0.349 e. The van der Waals surface area contributed by atoms with Crippen LogP contribution in [0.1, 0.15) is 36.0 Å². The van der Waals surface area contributed by atoms with Crippen molar-refractivity contribution in [3.05, 3.63) is 30.2 Å². The van der Waals surface area contributed by atoms with E-state index in [1.165, 1.54) is 0 Å². The zero-order chi connectivity index (χ0) is 17.1. The van der Waals surface area contributed by atoms with Gasteiger partial charge in [-0.15, -0.1) is 10.2 Å². The SMILES string of the molecule is CN(C)C(=O)CCC1CCCN(C(=O)c2cccn3cnnc23)C1. The molecule has 7 nitrogen and oxygen atoms in total. The van der Waals surface area contributed by atoms with E-state index in [0.717, 1.165) is 25.8 Å². The predicted molar refractivity (Wildman–Crippen MR) is 89.5 cm³/mol. The van der Waals surface area contributed by atoms with Crippen LogP contribution in [0.3, 0.4) is 0 Å². The van der Waals surface area contributed by atoms with Crippen molar-refractivity contribution >= 4 is 17.5 Å². The van der Waals surface area contributed by atoms with Crippen LogP contribution in [0.2, 0.25) is 0 Å². The smallest absolute Gasteiger partial charge is 0.257 e. The van der Waals surface area contributed by atoms with Crippen LogP contribution in [0.15, 0.2) is 24.7 Å². The summed E-state index contributed by atoms with van der Waals surface area (Å²) in [4.78, 5) is 28.1. The molecule has 24 heavy (non-hydrogen) atoms. The summed E-state index contributed by atoms with van der Waals surface area (Å²) < 4.78 is 1.75. The molecule has 1 atom stereocenters. The number of hydrogen-bond donors (Lipinski definition) is 0. The van der Waals surface area contributed by atoms with Gasteiger partial charge in [-0.25, -0.2) is 0 Å². The lowest BCUT2D eigenvalue weighted by molar-refractivity contribution is -0.129. The van der Waals surface area contributed by atoms with Crippen LogP contribution in [-0.2, 0) is 4.79 Å². The zero-order valence-corrected chi connectivity index (χ0v) is 14.2. The van der Waals surface area contributed by atoms with Gasteiger partial charge in [0.1, 0.15) is 6.33 Å². The lowest BCUT2D eigenvalue weighted by Crippen LogP contribution is -2.40. The molecule has 2 aromatic rings. The molecule has 7 heteroatoms. The van der Waals surface area contributed by atoms with Gasteiger partial charge in [0.15, 0.2) is 5.65 Å². The fourth-order valence-corrected chi connectivity index (χ4v) is 3.22. The fraction of sp³-hybridized carbons (Fsp3) is 0.529. The fourth-order valence-electron chi connectivity index (χ4n) is 3.22. The highest BCUT2D eigenvalue weighted by molar-refractivity contribution is 5.99. The van der Waals surface area contributed by atoms with Crippen LogP contribution >= 0.6 is 0 Å². The third-order valence-corrected chi connectivity index (χ3v) is 4.63. The first-order valence-corrected chi connectivity index (χ1v) is 8.34. The summed E-state index contributed by atoms with van der Waals surface area (Å²) in [5, 5.41) is 7.92. The summed E-state index contributed by atoms with van der Waals surface area (Å²) in [6, 6.07) is 3.63. The minimum Gasteiger partial charge on any atom is -0.349 e. The van der Waals surface area contributed by atoms with Gasteiger partial charge in [0.25, 0.3) is 5.91 Å². The van der Waals surface area contributed by atoms with Crippen LogP contribution in [0, 0.1) is 5.92 Å². The van der Waals surface area contributed by atoms with Gasteiger partial charge >= 0.3 is 0 Å². The Morgan fingerprint density at radius 1 is 1.38 bits per heavy atom. The molecule has 3 rings (SSSR count). The molecule has 0 bridgehead atoms. The number of piperidine rings is 1. The van der Waals surface area contributed by atoms with E-state index < -0.39 is 0 Å².